The zero-order chi connectivity index (χ0) is 8.72. The van der Waals surface area contributed by atoms with Crippen molar-refractivity contribution in [2.45, 2.75) is 18.9 Å². The van der Waals surface area contributed by atoms with Crippen LogP contribution in [0.5, 0.6) is 0 Å². The number of carbonyl (C=O) groups excluding carboxylic acids is 1. The fourth-order valence-electron chi connectivity index (χ4n) is 1.45. The van der Waals surface area contributed by atoms with Crippen molar-refractivity contribution in [3.8, 4) is 0 Å². The van der Waals surface area contributed by atoms with Gasteiger partial charge >= 0.3 is 0 Å². The second kappa shape index (κ2) is 3.68. The summed E-state index contributed by atoms with van der Waals surface area (Å²) in [7, 11) is 0. The van der Waals surface area contributed by atoms with E-state index in [1.807, 2.05) is 19.9 Å². The Kier molecular flexibility index (Phi) is 2.98. The van der Waals surface area contributed by atoms with Gasteiger partial charge in [0.15, 0.2) is 5.78 Å². The first-order valence-electron chi connectivity index (χ1n) is 3.83. The molecule has 13 heavy (non-hydrogen) atoms. The monoisotopic (exact) mass is 215 g/mol. The predicted octanol–water partition coefficient (Wildman–Crippen LogP) is 2.41. The number of aromatic nitrogens is 1. The number of halogens is 1. The molecule has 4 heteroatoms. The first-order valence-corrected chi connectivity index (χ1v) is 4.81. The maximum atomic E-state index is 11.3. The van der Waals surface area contributed by atoms with Crippen molar-refractivity contribution in [3.05, 3.63) is 22.9 Å². The average Bonchev–Trinajstić information content (AvgIpc) is 2.31. The Hall–Kier alpha value is -0.540. The molecule has 2 nitrogen and oxygen atoms in total. The van der Waals surface area contributed by atoms with E-state index >= 15 is 0 Å². The van der Waals surface area contributed by atoms with Crippen LogP contribution < -0.4 is 0 Å². The molecule has 1 aliphatic heterocycles. The van der Waals surface area contributed by atoms with Gasteiger partial charge < -0.3 is 0 Å². The van der Waals surface area contributed by atoms with Gasteiger partial charge in [-0.1, -0.05) is 11.8 Å². The van der Waals surface area contributed by atoms with Crippen LogP contribution in [0.4, 0.5) is 0 Å². The third-order valence-electron chi connectivity index (χ3n) is 1.93. The highest BCUT2D eigenvalue weighted by atomic mass is 35.5. The minimum atomic E-state index is 0. The molecular formula is C9H10ClNOS. The number of rotatable bonds is 0. The number of aryl methyl sites for hydroxylation is 2. The summed E-state index contributed by atoms with van der Waals surface area (Å²) in [5.41, 5.74) is 2.89. The minimum Gasteiger partial charge on any atom is -0.293 e. The van der Waals surface area contributed by atoms with E-state index < -0.39 is 0 Å². The molecule has 2 heterocycles. The fourth-order valence-corrected chi connectivity index (χ4v) is 2.49. The molecule has 2 rings (SSSR count). The molecule has 1 aromatic rings. The highest BCUT2D eigenvalue weighted by molar-refractivity contribution is 8.00. The molecule has 0 bridgehead atoms. The van der Waals surface area contributed by atoms with Crippen LogP contribution in [0.15, 0.2) is 11.1 Å². The quantitative estimate of drug-likeness (QED) is 0.666. The van der Waals surface area contributed by atoms with Crippen molar-refractivity contribution in [1.82, 2.24) is 4.98 Å². The second-order valence-electron chi connectivity index (χ2n) is 2.97. The second-order valence-corrected chi connectivity index (χ2v) is 3.94. The van der Waals surface area contributed by atoms with Crippen LogP contribution in [-0.2, 0) is 0 Å². The summed E-state index contributed by atoms with van der Waals surface area (Å²) in [6.07, 6.45) is 0. The molecule has 0 spiro atoms. The van der Waals surface area contributed by atoms with Gasteiger partial charge in [0.1, 0.15) is 5.03 Å². The van der Waals surface area contributed by atoms with Crippen LogP contribution in [0, 0.1) is 13.8 Å². The molecular weight excluding hydrogens is 206 g/mol. The molecule has 0 atom stereocenters. The molecule has 0 unspecified atom stereocenters. The Bertz CT molecular complexity index is 365. The molecule has 0 amide bonds. The van der Waals surface area contributed by atoms with Crippen molar-refractivity contribution in [3.63, 3.8) is 0 Å². The summed E-state index contributed by atoms with van der Waals surface area (Å²) < 4.78 is 0. The van der Waals surface area contributed by atoms with Crippen molar-refractivity contribution >= 4 is 30.0 Å². The average molecular weight is 216 g/mol. The Morgan fingerprint density at radius 3 is 2.85 bits per heavy atom. The first kappa shape index (κ1) is 10.5. The number of Topliss-reactive ketones (excluding diaryl/α,β-unsaturated/α-hetero) is 1. The van der Waals surface area contributed by atoms with E-state index in [-0.39, 0.29) is 18.2 Å². The van der Waals surface area contributed by atoms with Gasteiger partial charge in [0.05, 0.1) is 11.3 Å². The highest BCUT2D eigenvalue weighted by Crippen LogP contribution is 2.31. The van der Waals surface area contributed by atoms with Crippen molar-refractivity contribution in [1.29, 1.82) is 0 Å². The molecule has 0 aliphatic carbocycles. The van der Waals surface area contributed by atoms with Crippen LogP contribution in [0.1, 0.15) is 21.6 Å². The Morgan fingerprint density at radius 2 is 2.15 bits per heavy atom. The van der Waals surface area contributed by atoms with Gasteiger partial charge in [0.2, 0.25) is 0 Å². The Morgan fingerprint density at radius 1 is 1.46 bits per heavy atom. The molecule has 0 aromatic carbocycles. The molecule has 70 valence electrons. The molecule has 0 saturated carbocycles. The van der Waals surface area contributed by atoms with Gasteiger partial charge in [-0.15, -0.1) is 12.4 Å². The lowest BCUT2D eigenvalue weighted by molar-refractivity contribution is 0.102. The van der Waals surface area contributed by atoms with Gasteiger partial charge in [0.25, 0.3) is 0 Å². The lowest BCUT2D eigenvalue weighted by Crippen LogP contribution is -1.99. The zero-order valence-electron chi connectivity index (χ0n) is 7.46. The van der Waals surface area contributed by atoms with Crippen molar-refractivity contribution in [2.75, 3.05) is 5.75 Å². The largest absolute Gasteiger partial charge is 0.293 e. The first-order chi connectivity index (χ1) is 5.68. The summed E-state index contributed by atoms with van der Waals surface area (Å²) in [6.45, 7) is 3.92. The number of nitrogens with zero attached hydrogens (tertiary/aromatic N) is 1. The van der Waals surface area contributed by atoms with E-state index in [2.05, 4.69) is 4.98 Å². The Labute approximate surface area is 87.5 Å². The van der Waals surface area contributed by atoms with E-state index in [4.69, 9.17) is 0 Å². The smallest absolute Gasteiger partial charge is 0.176 e. The SMILES string of the molecule is Cc1cc(C)c2c(n1)SCC2=O.Cl. The van der Waals surface area contributed by atoms with Gasteiger partial charge in [-0.25, -0.2) is 4.98 Å². The van der Waals surface area contributed by atoms with E-state index in [0.29, 0.717) is 5.75 Å². The van der Waals surface area contributed by atoms with E-state index in [9.17, 15) is 4.79 Å². The molecule has 0 radical (unpaired) electrons. The molecule has 1 aliphatic rings. The van der Waals surface area contributed by atoms with Crippen molar-refractivity contribution in [2.24, 2.45) is 0 Å². The van der Waals surface area contributed by atoms with Crippen LogP contribution in [-0.4, -0.2) is 16.5 Å². The number of fused-ring (bicyclic) bond motifs is 1. The number of pyridine rings is 1. The van der Waals surface area contributed by atoms with Gasteiger partial charge in [-0.2, -0.15) is 0 Å². The van der Waals surface area contributed by atoms with Crippen molar-refractivity contribution < 1.29 is 4.79 Å². The van der Waals surface area contributed by atoms with Gasteiger partial charge in [-0.05, 0) is 25.5 Å². The fraction of sp³-hybridized carbons (Fsp3) is 0.333. The minimum absolute atomic E-state index is 0. The number of hydrogen-bond donors (Lipinski definition) is 0. The maximum absolute atomic E-state index is 11.3. The third kappa shape index (κ3) is 1.71. The number of thioether (sulfide) groups is 1. The maximum Gasteiger partial charge on any atom is 0.176 e. The number of carbonyl (C=O) groups is 1. The molecule has 0 N–H and O–H groups in total. The number of ketones is 1. The molecule has 0 fully saturated rings. The standard InChI is InChI=1S/C9H9NOS.ClH/c1-5-3-6(2)10-9-8(5)7(11)4-12-9;/h3H,4H2,1-2H3;1H. The topological polar surface area (TPSA) is 30.0 Å². The van der Waals surface area contributed by atoms with Crippen LogP contribution in [0.25, 0.3) is 0 Å². The summed E-state index contributed by atoms with van der Waals surface area (Å²) >= 11 is 1.54. The Balaban J connectivity index is 0.000000845. The van der Waals surface area contributed by atoms with E-state index in [0.717, 1.165) is 21.8 Å². The predicted molar refractivity (Wildman–Crippen MR) is 56.0 cm³/mol. The summed E-state index contributed by atoms with van der Waals surface area (Å²) in [5.74, 6) is 0.784. The van der Waals surface area contributed by atoms with E-state index in [1.165, 1.54) is 0 Å². The lowest BCUT2D eigenvalue weighted by atomic mass is 10.1. The third-order valence-corrected chi connectivity index (χ3v) is 2.91. The van der Waals surface area contributed by atoms with E-state index in [1.54, 1.807) is 11.8 Å². The summed E-state index contributed by atoms with van der Waals surface area (Å²) in [6, 6.07) is 1.96. The molecule has 1 aromatic heterocycles. The summed E-state index contributed by atoms with van der Waals surface area (Å²) in [5, 5.41) is 0.914. The molecule has 0 saturated heterocycles. The van der Waals surface area contributed by atoms with Crippen LogP contribution >= 0.6 is 24.2 Å². The number of hydrogen-bond acceptors (Lipinski definition) is 3. The zero-order valence-corrected chi connectivity index (χ0v) is 9.09. The van der Waals surface area contributed by atoms with Gasteiger partial charge in [-0.3, -0.25) is 4.79 Å². The highest BCUT2D eigenvalue weighted by Gasteiger charge is 2.23. The van der Waals surface area contributed by atoms with Gasteiger partial charge in [0, 0.05) is 5.69 Å². The normalized spacial score (nSPS) is 13.8. The van der Waals surface area contributed by atoms with Crippen LogP contribution in [0.3, 0.4) is 0 Å². The van der Waals surface area contributed by atoms with Crippen LogP contribution in [0.2, 0.25) is 0 Å². The lowest BCUT2D eigenvalue weighted by Gasteiger charge is -2.01. The summed E-state index contributed by atoms with van der Waals surface area (Å²) in [4.78, 5) is 15.6.